The van der Waals surface area contributed by atoms with Gasteiger partial charge >= 0.3 is 0 Å². The van der Waals surface area contributed by atoms with E-state index in [1.54, 1.807) is 0 Å². The van der Waals surface area contributed by atoms with Gasteiger partial charge in [0.2, 0.25) is 0 Å². The molecule has 0 amide bonds. The number of hydrogen-bond acceptors (Lipinski definition) is 1. The van der Waals surface area contributed by atoms with E-state index in [0.29, 0.717) is 11.8 Å². The predicted molar refractivity (Wildman–Crippen MR) is 93.7 cm³/mol. The Morgan fingerprint density at radius 3 is 2.29 bits per heavy atom. The summed E-state index contributed by atoms with van der Waals surface area (Å²) in [4.78, 5) is 0. The van der Waals surface area contributed by atoms with Gasteiger partial charge in [-0.05, 0) is 61.9 Å². The van der Waals surface area contributed by atoms with Gasteiger partial charge in [-0.3, -0.25) is 0 Å². The molecule has 0 aliphatic carbocycles. The van der Waals surface area contributed by atoms with E-state index in [4.69, 9.17) is 0 Å². The molecule has 0 aliphatic heterocycles. The number of nitrogens with one attached hydrogen (secondary N) is 1. The Kier molecular flexibility index (Phi) is 5.05. The highest BCUT2D eigenvalue weighted by molar-refractivity contribution is 5.85. The van der Waals surface area contributed by atoms with Crippen LogP contribution in [-0.2, 0) is 6.42 Å². The zero-order valence-electron chi connectivity index (χ0n) is 14.1. The van der Waals surface area contributed by atoms with Crippen molar-refractivity contribution in [2.45, 2.75) is 46.6 Å². The molecule has 21 heavy (non-hydrogen) atoms. The molecule has 2 rings (SSSR count). The van der Waals surface area contributed by atoms with Gasteiger partial charge in [0, 0.05) is 5.54 Å². The molecule has 0 aromatic heterocycles. The summed E-state index contributed by atoms with van der Waals surface area (Å²) in [6.45, 7) is 12.5. The molecule has 0 radical (unpaired) electrons. The first-order chi connectivity index (χ1) is 9.87. The number of rotatable bonds is 5. The molecular weight excluding hydrogens is 254 g/mol. The minimum atomic E-state index is 0.202. The molecule has 0 fully saturated rings. The van der Waals surface area contributed by atoms with E-state index < -0.39 is 0 Å². The van der Waals surface area contributed by atoms with Crippen molar-refractivity contribution in [3.8, 4) is 0 Å². The Labute approximate surface area is 129 Å². The second-order valence-electron chi connectivity index (χ2n) is 7.43. The lowest BCUT2D eigenvalue weighted by Gasteiger charge is -2.27. The molecule has 0 aliphatic rings. The molecule has 0 saturated heterocycles. The molecule has 1 heteroatoms. The van der Waals surface area contributed by atoms with Crippen molar-refractivity contribution in [1.29, 1.82) is 0 Å². The lowest BCUT2D eigenvalue weighted by Crippen LogP contribution is -2.40. The van der Waals surface area contributed by atoms with Gasteiger partial charge in [-0.15, -0.1) is 0 Å². The first-order valence-electron chi connectivity index (χ1n) is 8.08. The maximum atomic E-state index is 3.63. The Balaban J connectivity index is 2.06. The van der Waals surface area contributed by atoms with Crippen LogP contribution in [0.4, 0.5) is 0 Å². The summed E-state index contributed by atoms with van der Waals surface area (Å²) in [6, 6.07) is 15.4. The molecule has 2 atom stereocenters. The van der Waals surface area contributed by atoms with E-state index in [1.807, 2.05) is 0 Å². The summed E-state index contributed by atoms with van der Waals surface area (Å²) in [6.07, 6.45) is 1.15. The molecule has 0 bridgehead atoms. The van der Waals surface area contributed by atoms with Crippen molar-refractivity contribution in [3.05, 3.63) is 48.0 Å². The fourth-order valence-electron chi connectivity index (χ4n) is 2.69. The Morgan fingerprint density at radius 2 is 1.57 bits per heavy atom. The van der Waals surface area contributed by atoms with Crippen molar-refractivity contribution in [2.75, 3.05) is 6.54 Å². The first kappa shape index (κ1) is 16.0. The van der Waals surface area contributed by atoms with Crippen LogP contribution >= 0.6 is 0 Å². The highest BCUT2D eigenvalue weighted by Crippen LogP contribution is 2.24. The summed E-state index contributed by atoms with van der Waals surface area (Å²) in [7, 11) is 0. The zero-order chi connectivity index (χ0) is 15.5. The van der Waals surface area contributed by atoms with Crippen LogP contribution in [-0.4, -0.2) is 12.1 Å². The van der Waals surface area contributed by atoms with Crippen LogP contribution in [0.25, 0.3) is 10.8 Å². The van der Waals surface area contributed by atoms with Crippen molar-refractivity contribution >= 4 is 10.8 Å². The lowest BCUT2D eigenvalue weighted by atomic mass is 9.87. The van der Waals surface area contributed by atoms with Crippen LogP contribution in [0.15, 0.2) is 42.5 Å². The fourth-order valence-corrected chi connectivity index (χ4v) is 2.69. The second kappa shape index (κ2) is 6.62. The van der Waals surface area contributed by atoms with Gasteiger partial charge in [-0.1, -0.05) is 56.3 Å². The first-order valence-corrected chi connectivity index (χ1v) is 8.08. The third-order valence-corrected chi connectivity index (χ3v) is 4.35. The van der Waals surface area contributed by atoms with Crippen molar-refractivity contribution in [3.63, 3.8) is 0 Å². The van der Waals surface area contributed by atoms with Crippen LogP contribution in [0.5, 0.6) is 0 Å². The van der Waals surface area contributed by atoms with E-state index >= 15 is 0 Å². The highest BCUT2D eigenvalue weighted by atomic mass is 14.9. The average molecular weight is 283 g/mol. The maximum Gasteiger partial charge on any atom is 0.00966 e. The maximum absolute atomic E-state index is 3.63. The van der Waals surface area contributed by atoms with Gasteiger partial charge in [-0.25, -0.2) is 0 Å². The summed E-state index contributed by atoms with van der Waals surface area (Å²) < 4.78 is 0. The van der Waals surface area contributed by atoms with E-state index in [9.17, 15) is 0 Å². The summed E-state index contributed by atoms with van der Waals surface area (Å²) in [5.74, 6) is 1.34. The van der Waals surface area contributed by atoms with Crippen LogP contribution in [0, 0.1) is 11.8 Å². The Hall–Kier alpha value is -1.34. The largest absolute Gasteiger partial charge is 0.312 e. The smallest absolute Gasteiger partial charge is 0.00966 e. The molecule has 2 aromatic carbocycles. The van der Waals surface area contributed by atoms with Gasteiger partial charge in [0.15, 0.2) is 0 Å². The van der Waals surface area contributed by atoms with Crippen LogP contribution in [0.1, 0.15) is 40.2 Å². The number of hydrogen-bond donors (Lipinski definition) is 1. The van der Waals surface area contributed by atoms with Crippen LogP contribution < -0.4 is 5.32 Å². The average Bonchev–Trinajstić information content (AvgIpc) is 2.44. The summed E-state index contributed by atoms with van der Waals surface area (Å²) in [5, 5.41) is 6.38. The van der Waals surface area contributed by atoms with Gasteiger partial charge in [0.1, 0.15) is 0 Å². The standard InChI is InChI=1S/C20H29N/c1-15(16(2)14-21-20(3,4)5)13-18-11-8-10-17-9-6-7-12-19(17)18/h6-12,15-16,21H,13-14H2,1-5H3. The normalized spacial score (nSPS) is 15.1. The second-order valence-corrected chi connectivity index (χ2v) is 7.43. The molecule has 0 heterocycles. The van der Waals surface area contributed by atoms with E-state index in [1.165, 1.54) is 16.3 Å². The van der Waals surface area contributed by atoms with E-state index in [0.717, 1.165) is 13.0 Å². The van der Waals surface area contributed by atoms with Gasteiger partial charge in [-0.2, -0.15) is 0 Å². The summed E-state index contributed by atoms with van der Waals surface area (Å²) in [5.41, 5.74) is 1.68. The molecule has 2 unspecified atom stereocenters. The van der Waals surface area contributed by atoms with Crippen LogP contribution in [0.3, 0.4) is 0 Å². The summed E-state index contributed by atoms with van der Waals surface area (Å²) >= 11 is 0. The minimum Gasteiger partial charge on any atom is -0.312 e. The number of fused-ring (bicyclic) bond motifs is 1. The molecule has 0 spiro atoms. The fraction of sp³-hybridized carbons (Fsp3) is 0.500. The zero-order valence-corrected chi connectivity index (χ0v) is 14.1. The topological polar surface area (TPSA) is 12.0 Å². The molecular formula is C20H29N. The van der Waals surface area contributed by atoms with Gasteiger partial charge in [0.25, 0.3) is 0 Å². The highest BCUT2D eigenvalue weighted by Gasteiger charge is 2.17. The van der Waals surface area contributed by atoms with Crippen LogP contribution in [0.2, 0.25) is 0 Å². The van der Waals surface area contributed by atoms with Crippen molar-refractivity contribution < 1.29 is 0 Å². The monoisotopic (exact) mass is 283 g/mol. The quantitative estimate of drug-likeness (QED) is 0.810. The molecule has 2 aromatic rings. The van der Waals surface area contributed by atoms with Crippen molar-refractivity contribution in [2.24, 2.45) is 11.8 Å². The van der Waals surface area contributed by atoms with E-state index in [2.05, 4.69) is 82.4 Å². The minimum absolute atomic E-state index is 0.202. The van der Waals surface area contributed by atoms with Gasteiger partial charge < -0.3 is 5.32 Å². The Morgan fingerprint density at radius 1 is 0.905 bits per heavy atom. The molecule has 1 N–H and O–H groups in total. The van der Waals surface area contributed by atoms with Crippen molar-refractivity contribution in [1.82, 2.24) is 5.32 Å². The Bertz CT molecular complexity index is 574. The molecule has 0 saturated carbocycles. The third-order valence-electron chi connectivity index (χ3n) is 4.35. The molecule has 1 nitrogen and oxygen atoms in total. The third kappa shape index (κ3) is 4.57. The lowest BCUT2D eigenvalue weighted by molar-refractivity contribution is 0.318. The number of benzene rings is 2. The molecule has 114 valence electrons. The van der Waals surface area contributed by atoms with E-state index in [-0.39, 0.29) is 5.54 Å². The SMILES string of the molecule is CC(CNC(C)(C)C)C(C)Cc1cccc2ccccc12. The van der Waals surface area contributed by atoms with Gasteiger partial charge in [0.05, 0.1) is 0 Å². The predicted octanol–water partition coefficient (Wildman–Crippen LogP) is 5.04.